The Hall–Kier alpha value is -2.28. The van der Waals surface area contributed by atoms with Crippen LogP contribution >= 0.6 is 15.9 Å². The molecule has 0 saturated heterocycles. The predicted octanol–water partition coefficient (Wildman–Crippen LogP) is 2.44. The van der Waals surface area contributed by atoms with E-state index in [1.807, 2.05) is 18.2 Å². The van der Waals surface area contributed by atoms with E-state index in [0.717, 1.165) is 5.69 Å². The first kappa shape index (κ1) is 17.1. The number of halogens is 1. The van der Waals surface area contributed by atoms with Crippen LogP contribution in [0.3, 0.4) is 0 Å². The molecular formula is C16H16BrN3O3. The first-order chi connectivity index (χ1) is 11.1. The summed E-state index contributed by atoms with van der Waals surface area (Å²) in [5.41, 5.74) is 1.19. The van der Waals surface area contributed by atoms with Crippen molar-refractivity contribution in [2.24, 2.45) is 0 Å². The van der Waals surface area contributed by atoms with Gasteiger partial charge in [0.05, 0.1) is 31.3 Å². The normalized spacial score (nSPS) is 10.2. The quantitative estimate of drug-likeness (QED) is 0.722. The van der Waals surface area contributed by atoms with E-state index in [9.17, 15) is 9.59 Å². The maximum absolute atomic E-state index is 12.7. The van der Waals surface area contributed by atoms with Gasteiger partial charge in [-0.05, 0) is 34.1 Å². The molecule has 0 spiro atoms. The number of nitrogens with zero attached hydrogens (tertiary/aromatic N) is 3. The van der Waals surface area contributed by atoms with Crippen LogP contribution in [0.25, 0.3) is 0 Å². The Morgan fingerprint density at radius 2 is 2.13 bits per heavy atom. The zero-order chi connectivity index (χ0) is 16.7. The first-order valence-electron chi connectivity index (χ1n) is 6.96. The summed E-state index contributed by atoms with van der Waals surface area (Å²) in [5.74, 6) is -0.579. The second kappa shape index (κ2) is 8.38. The predicted molar refractivity (Wildman–Crippen MR) is 87.5 cm³/mol. The minimum absolute atomic E-state index is 0.122. The summed E-state index contributed by atoms with van der Waals surface area (Å²) >= 11 is 3.30. The van der Waals surface area contributed by atoms with Crippen molar-refractivity contribution < 1.29 is 14.3 Å². The molecule has 0 aliphatic rings. The van der Waals surface area contributed by atoms with Gasteiger partial charge in [-0.15, -0.1) is 0 Å². The van der Waals surface area contributed by atoms with Crippen molar-refractivity contribution in [3.63, 3.8) is 0 Å². The van der Waals surface area contributed by atoms with Gasteiger partial charge in [-0.3, -0.25) is 19.6 Å². The molecule has 120 valence electrons. The van der Waals surface area contributed by atoms with Crippen LogP contribution in [0.4, 0.5) is 0 Å². The Morgan fingerprint density at radius 3 is 2.78 bits per heavy atom. The molecule has 0 fully saturated rings. The lowest BCUT2D eigenvalue weighted by atomic mass is 10.2. The third-order valence-corrected chi connectivity index (χ3v) is 3.57. The molecule has 0 atom stereocenters. The lowest BCUT2D eigenvalue weighted by Crippen LogP contribution is -2.33. The zero-order valence-electron chi connectivity index (χ0n) is 12.6. The highest BCUT2D eigenvalue weighted by molar-refractivity contribution is 9.10. The zero-order valence-corrected chi connectivity index (χ0v) is 14.2. The molecule has 23 heavy (non-hydrogen) atoms. The summed E-state index contributed by atoms with van der Waals surface area (Å²) in [4.78, 5) is 33.9. The van der Waals surface area contributed by atoms with Crippen molar-refractivity contribution in [1.29, 1.82) is 0 Å². The second-order valence-electron chi connectivity index (χ2n) is 4.77. The van der Waals surface area contributed by atoms with Crippen LogP contribution in [0.1, 0.15) is 22.5 Å². The summed E-state index contributed by atoms with van der Waals surface area (Å²) in [6, 6.07) is 7.19. The SMILES string of the molecule is COC(=O)CCN(Cc1ccccn1)C(=O)c1cncc(Br)c1. The summed E-state index contributed by atoms with van der Waals surface area (Å²) in [6.45, 7) is 0.553. The molecule has 0 radical (unpaired) electrons. The van der Waals surface area contributed by atoms with Crippen LogP contribution < -0.4 is 0 Å². The number of ether oxygens (including phenoxy) is 1. The van der Waals surface area contributed by atoms with Gasteiger partial charge in [0.15, 0.2) is 0 Å². The van der Waals surface area contributed by atoms with Gasteiger partial charge in [0.1, 0.15) is 0 Å². The highest BCUT2D eigenvalue weighted by atomic mass is 79.9. The molecule has 7 heteroatoms. The van der Waals surface area contributed by atoms with Gasteiger partial charge < -0.3 is 9.64 Å². The van der Waals surface area contributed by atoms with Gasteiger partial charge in [0, 0.05) is 29.6 Å². The fraction of sp³-hybridized carbons (Fsp3) is 0.250. The number of hydrogen-bond acceptors (Lipinski definition) is 5. The minimum atomic E-state index is -0.365. The Morgan fingerprint density at radius 1 is 1.30 bits per heavy atom. The number of carbonyl (C=O) groups excluding carboxylic acids is 2. The molecule has 2 rings (SSSR count). The van der Waals surface area contributed by atoms with E-state index >= 15 is 0 Å². The number of aromatic nitrogens is 2. The topological polar surface area (TPSA) is 72.4 Å². The maximum Gasteiger partial charge on any atom is 0.307 e. The highest BCUT2D eigenvalue weighted by Crippen LogP contribution is 2.14. The lowest BCUT2D eigenvalue weighted by molar-refractivity contribution is -0.140. The van der Waals surface area contributed by atoms with Gasteiger partial charge in [-0.25, -0.2) is 0 Å². The van der Waals surface area contributed by atoms with Crippen molar-refractivity contribution in [2.45, 2.75) is 13.0 Å². The summed E-state index contributed by atoms with van der Waals surface area (Å²) in [5, 5.41) is 0. The molecule has 2 heterocycles. The number of pyridine rings is 2. The van der Waals surface area contributed by atoms with E-state index in [2.05, 4.69) is 30.6 Å². The number of hydrogen-bond donors (Lipinski definition) is 0. The Bertz CT molecular complexity index is 679. The number of amides is 1. The largest absolute Gasteiger partial charge is 0.469 e. The molecule has 0 aliphatic carbocycles. The van der Waals surface area contributed by atoms with Crippen LogP contribution in [0, 0.1) is 0 Å². The summed E-state index contributed by atoms with van der Waals surface area (Å²) in [7, 11) is 1.32. The lowest BCUT2D eigenvalue weighted by Gasteiger charge is -2.22. The molecule has 0 aromatic carbocycles. The van der Waals surface area contributed by atoms with E-state index in [1.165, 1.54) is 13.3 Å². The monoisotopic (exact) mass is 377 g/mol. The molecule has 6 nitrogen and oxygen atoms in total. The van der Waals surface area contributed by atoms with E-state index < -0.39 is 0 Å². The van der Waals surface area contributed by atoms with E-state index in [-0.39, 0.29) is 24.8 Å². The standard InChI is InChI=1S/C16H16BrN3O3/c1-23-15(21)5-7-20(11-14-4-2-3-6-19-14)16(22)12-8-13(17)10-18-9-12/h2-4,6,8-10H,5,7,11H2,1H3. The number of rotatable bonds is 6. The molecule has 2 aromatic rings. The van der Waals surface area contributed by atoms with Crippen molar-refractivity contribution in [3.05, 3.63) is 58.6 Å². The van der Waals surface area contributed by atoms with Crippen LogP contribution in [-0.2, 0) is 16.1 Å². The van der Waals surface area contributed by atoms with Crippen molar-refractivity contribution in [3.8, 4) is 0 Å². The molecule has 0 saturated carbocycles. The number of carbonyl (C=O) groups is 2. The van der Waals surface area contributed by atoms with E-state index in [1.54, 1.807) is 23.4 Å². The van der Waals surface area contributed by atoms with Gasteiger partial charge >= 0.3 is 5.97 Å². The van der Waals surface area contributed by atoms with E-state index in [0.29, 0.717) is 16.6 Å². The maximum atomic E-state index is 12.7. The molecule has 1 amide bonds. The fourth-order valence-electron chi connectivity index (χ4n) is 1.98. The Labute approximate surface area is 142 Å². The van der Waals surface area contributed by atoms with Gasteiger partial charge in [0.25, 0.3) is 5.91 Å². The molecule has 0 aliphatic heterocycles. The van der Waals surface area contributed by atoms with Gasteiger partial charge in [-0.1, -0.05) is 6.07 Å². The fourth-order valence-corrected chi connectivity index (χ4v) is 2.34. The van der Waals surface area contributed by atoms with Crippen molar-refractivity contribution in [2.75, 3.05) is 13.7 Å². The summed E-state index contributed by atoms with van der Waals surface area (Å²) < 4.78 is 5.36. The van der Waals surface area contributed by atoms with Crippen LogP contribution in [0.2, 0.25) is 0 Å². The third-order valence-electron chi connectivity index (χ3n) is 3.13. The molecular weight excluding hydrogens is 362 g/mol. The van der Waals surface area contributed by atoms with Crippen LogP contribution in [0.15, 0.2) is 47.3 Å². The molecule has 0 N–H and O–H groups in total. The Kier molecular flexibility index (Phi) is 6.22. The molecule has 0 unspecified atom stereocenters. The average molecular weight is 378 g/mol. The minimum Gasteiger partial charge on any atom is -0.469 e. The summed E-state index contributed by atoms with van der Waals surface area (Å²) in [6.07, 6.45) is 4.89. The van der Waals surface area contributed by atoms with Crippen LogP contribution in [0.5, 0.6) is 0 Å². The second-order valence-corrected chi connectivity index (χ2v) is 5.68. The van der Waals surface area contributed by atoms with E-state index in [4.69, 9.17) is 0 Å². The van der Waals surface area contributed by atoms with Crippen molar-refractivity contribution in [1.82, 2.24) is 14.9 Å². The van der Waals surface area contributed by atoms with Gasteiger partial charge in [-0.2, -0.15) is 0 Å². The van der Waals surface area contributed by atoms with Crippen LogP contribution in [-0.4, -0.2) is 40.4 Å². The van der Waals surface area contributed by atoms with Gasteiger partial charge in [0.2, 0.25) is 0 Å². The molecule has 2 aromatic heterocycles. The smallest absolute Gasteiger partial charge is 0.307 e. The van der Waals surface area contributed by atoms with Crippen molar-refractivity contribution >= 4 is 27.8 Å². The first-order valence-corrected chi connectivity index (χ1v) is 7.76. The molecule has 0 bridgehead atoms. The third kappa shape index (κ3) is 5.14. The Balaban J connectivity index is 2.17. The highest BCUT2D eigenvalue weighted by Gasteiger charge is 2.18. The average Bonchev–Trinajstić information content (AvgIpc) is 2.58. The number of methoxy groups -OCH3 is 1. The number of esters is 1.